The monoisotopic (exact) mass is 378 g/mol. The van der Waals surface area contributed by atoms with Gasteiger partial charge in [-0.05, 0) is 57.5 Å². The Labute approximate surface area is 152 Å². The number of anilines is 1. The van der Waals surface area contributed by atoms with Gasteiger partial charge in [0, 0.05) is 11.3 Å². The Morgan fingerprint density at radius 1 is 1.27 bits per heavy atom. The van der Waals surface area contributed by atoms with Crippen LogP contribution in [0.2, 0.25) is 0 Å². The average molecular weight is 378 g/mol. The summed E-state index contributed by atoms with van der Waals surface area (Å²) in [7, 11) is -3.73. The van der Waals surface area contributed by atoms with Gasteiger partial charge in [0.2, 0.25) is 10.0 Å². The largest absolute Gasteiger partial charge is 0.461 e. The SMILES string of the molecule is CCOC(=O)c1[nH]c(C)c(C(C)=NNc2ccc(S(N)(=O)=O)cc2)c1C. The van der Waals surface area contributed by atoms with E-state index in [2.05, 4.69) is 15.5 Å². The van der Waals surface area contributed by atoms with Crippen LogP contribution in [-0.4, -0.2) is 31.7 Å². The number of hydrogen-bond donors (Lipinski definition) is 3. The molecule has 26 heavy (non-hydrogen) atoms. The minimum atomic E-state index is -3.73. The molecular formula is C17H22N4O4S. The average Bonchev–Trinajstić information content (AvgIpc) is 2.87. The fourth-order valence-corrected chi connectivity index (χ4v) is 3.14. The molecule has 0 aliphatic carbocycles. The number of sulfonamides is 1. The Morgan fingerprint density at radius 2 is 1.88 bits per heavy atom. The summed E-state index contributed by atoms with van der Waals surface area (Å²) < 4.78 is 27.6. The fourth-order valence-electron chi connectivity index (χ4n) is 2.62. The third-order valence-corrected chi connectivity index (χ3v) is 4.74. The molecule has 8 nitrogen and oxygen atoms in total. The molecule has 1 aromatic carbocycles. The molecule has 0 saturated carbocycles. The maximum absolute atomic E-state index is 12.0. The molecule has 0 amide bonds. The Hall–Kier alpha value is -2.65. The number of aromatic amines is 1. The van der Waals surface area contributed by atoms with Crippen LogP contribution in [0, 0.1) is 13.8 Å². The second-order valence-electron chi connectivity index (χ2n) is 5.72. The van der Waals surface area contributed by atoms with Gasteiger partial charge in [-0.15, -0.1) is 0 Å². The first-order valence-corrected chi connectivity index (χ1v) is 9.49. The summed E-state index contributed by atoms with van der Waals surface area (Å²) in [5.74, 6) is -0.404. The maximum atomic E-state index is 12.0. The van der Waals surface area contributed by atoms with Gasteiger partial charge in [-0.3, -0.25) is 5.43 Å². The van der Waals surface area contributed by atoms with Gasteiger partial charge >= 0.3 is 5.97 Å². The third kappa shape index (κ3) is 4.30. The van der Waals surface area contributed by atoms with Crippen molar-refractivity contribution in [1.29, 1.82) is 0 Å². The number of benzene rings is 1. The normalized spacial score (nSPS) is 12.1. The van der Waals surface area contributed by atoms with Gasteiger partial charge in [0.15, 0.2) is 0 Å². The highest BCUT2D eigenvalue weighted by Crippen LogP contribution is 2.20. The number of hydrazone groups is 1. The quantitative estimate of drug-likeness (QED) is 0.404. The van der Waals surface area contributed by atoms with Crippen LogP contribution in [0.4, 0.5) is 5.69 Å². The van der Waals surface area contributed by atoms with Gasteiger partial charge in [-0.2, -0.15) is 5.10 Å². The molecule has 0 unspecified atom stereocenters. The number of primary sulfonamides is 1. The highest BCUT2D eigenvalue weighted by Gasteiger charge is 2.19. The van der Waals surface area contributed by atoms with Crippen molar-refractivity contribution in [3.8, 4) is 0 Å². The number of nitrogens with two attached hydrogens (primary N) is 1. The zero-order chi connectivity index (χ0) is 19.5. The van der Waals surface area contributed by atoms with Crippen LogP contribution < -0.4 is 10.6 Å². The van der Waals surface area contributed by atoms with Crippen LogP contribution in [0.25, 0.3) is 0 Å². The molecule has 1 aromatic heterocycles. The Morgan fingerprint density at radius 3 is 2.42 bits per heavy atom. The van der Waals surface area contributed by atoms with E-state index in [1.54, 1.807) is 19.1 Å². The molecule has 0 fully saturated rings. The molecule has 0 radical (unpaired) electrons. The highest BCUT2D eigenvalue weighted by molar-refractivity contribution is 7.89. The Kier molecular flexibility index (Phi) is 5.83. The molecule has 140 valence electrons. The van der Waals surface area contributed by atoms with E-state index in [1.807, 2.05) is 20.8 Å². The molecule has 1 heterocycles. The summed E-state index contributed by atoms with van der Waals surface area (Å²) in [5, 5.41) is 9.38. The van der Waals surface area contributed by atoms with E-state index < -0.39 is 16.0 Å². The standard InChI is InChI=1S/C17H22N4O4S/c1-5-25-17(22)16-10(2)15(11(3)19-16)12(4)20-21-13-6-8-14(9-7-13)26(18,23)24/h6-9,19,21H,5H2,1-4H3,(H2,18,23,24). The first-order chi connectivity index (χ1) is 12.1. The molecule has 0 spiro atoms. The van der Waals surface area contributed by atoms with Crippen molar-refractivity contribution >= 4 is 27.4 Å². The minimum Gasteiger partial charge on any atom is -0.461 e. The van der Waals surface area contributed by atoms with E-state index in [0.717, 1.165) is 16.8 Å². The van der Waals surface area contributed by atoms with Crippen LogP contribution in [0.15, 0.2) is 34.3 Å². The summed E-state index contributed by atoms with van der Waals surface area (Å²) >= 11 is 0. The van der Waals surface area contributed by atoms with E-state index in [1.165, 1.54) is 12.1 Å². The van der Waals surface area contributed by atoms with E-state index >= 15 is 0 Å². The van der Waals surface area contributed by atoms with Gasteiger partial charge < -0.3 is 9.72 Å². The second kappa shape index (κ2) is 7.71. The van der Waals surface area contributed by atoms with Crippen LogP contribution in [0.3, 0.4) is 0 Å². The number of rotatable bonds is 6. The fraction of sp³-hybridized carbons (Fsp3) is 0.294. The zero-order valence-electron chi connectivity index (χ0n) is 15.1. The molecule has 0 aliphatic rings. The molecule has 9 heteroatoms. The summed E-state index contributed by atoms with van der Waals surface area (Å²) in [6.07, 6.45) is 0. The molecule has 0 bridgehead atoms. The first kappa shape index (κ1) is 19.7. The number of nitrogens with one attached hydrogen (secondary N) is 2. The number of esters is 1. The summed E-state index contributed by atoms with van der Waals surface area (Å²) in [5.41, 5.74) is 6.93. The lowest BCUT2D eigenvalue weighted by atomic mass is 10.1. The predicted molar refractivity (Wildman–Crippen MR) is 99.9 cm³/mol. The van der Waals surface area contributed by atoms with E-state index in [4.69, 9.17) is 9.88 Å². The van der Waals surface area contributed by atoms with Crippen molar-refractivity contribution in [1.82, 2.24) is 4.98 Å². The lowest BCUT2D eigenvalue weighted by Gasteiger charge is -2.06. The van der Waals surface area contributed by atoms with E-state index in [-0.39, 0.29) is 4.90 Å². The van der Waals surface area contributed by atoms with Crippen LogP contribution >= 0.6 is 0 Å². The molecule has 4 N–H and O–H groups in total. The lowest BCUT2D eigenvalue weighted by molar-refractivity contribution is 0.0519. The van der Waals surface area contributed by atoms with E-state index in [0.29, 0.717) is 23.7 Å². The maximum Gasteiger partial charge on any atom is 0.355 e. The van der Waals surface area contributed by atoms with Gasteiger partial charge in [-0.1, -0.05) is 0 Å². The van der Waals surface area contributed by atoms with Crippen LogP contribution in [0.1, 0.15) is 41.2 Å². The highest BCUT2D eigenvalue weighted by atomic mass is 32.2. The van der Waals surface area contributed by atoms with Crippen molar-refractivity contribution < 1.29 is 17.9 Å². The van der Waals surface area contributed by atoms with E-state index in [9.17, 15) is 13.2 Å². The predicted octanol–water partition coefficient (Wildman–Crippen LogP) is 2.29. The van der Waals surface area contributed by atoms with Gasteiger partial charge in [0.25, 0.3) is 0 Å². The number of aromatic nitrogens is 1. The van der Waals surface area contributed by atoms with Crippen molar-refractivity contribution in [3.63, 3.8) is 0 Å². The number of hydrogen-bond acceptors (Lipinski definition) is 6. The van der Waals surface area contributed by atoms with Gasteiger partial charge in [0.1, 0.15) is 5.69 Å². The smallest absolute Gasteiger partial charge is 0.355 e. The Bertz CT molecular complexity index is 944. The number of carbonyl (C=O) groups is 1. The van der Waals surface area contributed by atoms with Crippen LogP contribution in [0.5, 0.6) is 0 Å². The number of aryl methyl sites for hydroxylation is 1. The van der Waals surface area contributed by atoms with Gasteiger partial charge in [-0.25, -0.2) is 18.4 Å². The lowest BCUT2D eigenvalue weighted by Crippen LogP contribution is -2.11. The van der Waals surface area contributed by atoms with Crippen molar-refractivity contribution in [2.24, 2.45) is 10.2 Å². The van der Waals surface area contributed by atoms with Crippen molar-refractivity contribution in [3.05, 3.63) is 46.8 Å². The molecule has 0 aliphatic heterocycles. The molecule has 2 rings (SSSR count). The first-order valence-electron chi connectivity index (χ1n) is 7.95. The van der Waals surface area contributed by atoms with Crippen molar-refractivity contribution in [2.75, 3.05) is 12.0 Å². The minimum absolute atomic E-state index is 0.0279. The topological polar surface area (TPSA) is 127 Å². The molecule has 0 atom stereocenters. The second-order valence-corrected chi connectivity index (χ2v) is 7.29. The number of carbonyl (C=O) groups excluding carboxylic acids is 1. The van der Waals surface area contributed by atoms with Gasteiger partial charge in [0.05, 0.1) is 22.9 Å². The zero-order valence-corrected chi connectivity index (χ0v) is 15.9. The summed E-state index contributed by atoms with van der Waals surface area (Å²) in [6, 6.07) is 5.93. The molecular weight excluding hydrogens is 356 g/mol. The summed E-state index contributed by atoms with van der Waals surface area (Å²) in [6.45, 7) is 7.54. The number of nitrogens with zero attached hydrogens (tertiary/aromatic N) is 1. The molecule has 0 saturated heterocycles. The third-order valence-electron chi connectivity index (χ3n) is 3.81. The molecule has 2 aromatic rings. The Balaban J connectivity index is 2.23. The summed E-state index contributed by atoms with van der Waals surface area (Å²) in [4.78, 5) is 15.0. The number of ether oxygens (including phenoxy) is 1. The van der Waals surface area contributed by atoms with Crippen molar-refractivity contribution in [2.45, 2.75) is 32.6 Å². The van der Waals surface area contributed by atoms with Crippen LogP contribution in [-0.2, 0) is 14.8 Å². The number of H-pyrrole nitrogens is 1.